The lowest BCUT2D eigenvalue weighted by atomic mass is 10.1. The minimum absolute atomic E-state index is 0.331. The Morgan fingerprint density at radius 2 is 1.90 bits per heavy atom. The zero-order chi connectivity index (χ0) is 15.0. The topological polar surface area (TPSA) is 29.5 Å². The van der Waals surface area contributed by atoms with Crippen LogP contribution in [0.4, 0.5) is 10.5 Å². The standard InChI is InChI=1S/C14H9Cl2NO2S2/c15-11-12(16)21-13(19-14(18)20)17(11)10-7-3-5-8-4-1-2-6-9(8)10/h1-7,13H,(H,18,20)/t13-/m0/s1. The highest BCUT2D eigenvalue weighted by atomic mass is 35.5. The Kier molecular flexibility index (Phi) is 4.26. The summed E-state index contributed by atoms with van der Waals surface area (Å²) in [6.07, 6.45) is 0. The monoisotopic (exact) mass is 357 g/mol. The van der Waals surface area contributed by atoms with E-state index in [9.17, 15) is 4.79 Å². The van der Waals surface area contributed by atoms with Gasteiger partial charge < -0.3 is 4.74 Å². The second kappa shape index (κ2) is 6.01. The quantitative estimate of drug-likeness (QED) is 0.445. The Morgan fingerprint density at radius 1 is 1.19 bits per heavy atom. The molecule has 0 aliphatic carbocycles. The number of thioether (sulfide) groups is 1. The van der Waals surface area contributed by atoms with Gasteiger partial charge in [0.25, 0.3) is 0 Å². The third-order valence-electron chi connectivity index (χ3n) is 3.02. The normalized spacial score (nSPS) is 18.4. The summed E-state index contributed by atoms with van der Waals surface area (Å²) in [7, 11) is 0. The molecule has 21 heavy (non-hydrogen) atoms. The number of carbonyl (C=O) groups is 1. The SMILES string of the molecule is O=C(S)O[C@H]1SC(Cl)=C(Cl)N1c1cccc2ccccc12. The number of anilines is 1. The fourth-order valence-corrected chi connectivity index (χ4v) is 3.87. The minimum Gasteiger partial charge on any atom is -0.423 e. The molecule has 0 amide bonds. The molecule has 0 radical (unpaired) electrons. The summed E-state index contributed by atoms with van der Waals surface area (Å²) in [5.41, 5.74) is 0.154. The van der Waals surface area contributed by atoms with Crippen molar-refractivity contribution in [1.82, 2.24) is 0 Å². The van der Waals surface area contributed by atoms with Crippen LogP contribution in [-0.2, 0) is 4.74 Å². The summed E-state index contributed by atoms with van der Waals surface area (Å²) in [4.78, 5) is 12.8. The molecule has 2 aromatic carbocycles. The molecule has 1 heterocycles. The van der Waals surface area contributed by atoms with E-state index in [0.717, 1.165) is 28.2 Å². The van der Waals surface area contributed by atoms with Crippen LogP contribution in [0.25, 0.3) is 10.8 Å². The summed E-state index contributed by atoms with van der Waals surface area (Å²) < 4.78 is 5.55. The van der Waals surface area contributed by atoms with Crippen molar-refractivity contribution in [3.63, 3.8) is 0 Å². The molecule has 1 atom stereocenters. The van der Waals surface area contributed by atoms with Gasteiger partial charge in [-0.1, -0.05) is 72.2 Å². The predicted octanol–water partition coefficient (Wildman–Crippen LogP) is 5.35. The van der Waals surface area contributed by atoms with Crippen molar-refractivity contribution in [2.45, 2.75) is 5.56 Å². The van der Waals surface area contributed by atoms with E-state index in [0.29, 0.717) is 9.52 Å². The van der Waals surface area contributed by atoms with E-state index in [2.05, 4.69) is 12.6 Å². The van der Waals surface area contributed by atoms with Gasteiger partial charge in [-0.05, 0) is 23.2 Å². The summed E-state index contributed by atoms with van der Waals surface area (Å²) in [5.74, 6) is 0. The molecule has 0 unspecified atom stereocenters. The van der Waals surface area contributed by atoms with Crippen molar-refractivity contribution in [2.75, 3.05) is 4.90 Å². The van der Waals surface area contributed by atoms with Gasteiger partial charge in [-0.2, -0.15) is 0 Å². The van der Waals surface area contributed by atoms with Gasteiger partial charge >= 0.3 is 5.30 Å². The highest BCUT2D eigenvalue weighted by Crippen LogP contribution is 2.47. The summed E-state index contributed by atoms with van der Waals surface area (Å²) in [5, 5.41) is 1.69. The molecular weight excluding hydrogens is 349 g/mol. The predicted molar refractivity (Wildman–Crippen MR) is 92.0 cm³/mol. The van der Waals surface area contributed by atoms with Crippen LogP contribution in [0.5, 0.6) is 0 Å². The fourth-order valence-electron chi connectivity index (χ4n) is 2.18. The van der Waals surface area contributed by atoms with E-state index in [4.69, 9.17) is 27.9 Å². The minimum atomic E-state index is -0.687. The lowest BCUT2D eigenvalue weighted by Gasteiger charge is -2.26. The van der Waals surface area contributed by atoms with Crippen LogP contribution in [-0.4, -0.2) is 10.9 Å². The van der Waals surface area contributed by atoms with Gasteiger partial charge in [-0.25, -0.2) is 4.79 Å². The van der Waals surface area contributed by atoms with Gasteiger partial charge in [0.1, 0.15) is 9.52 Å². The number of hydrogen-bond acceptors (Lipinski definition) is 4. The molecule has 1 aliphatic heterocycles. The molecule has 2 aromatic rings. The van der Waals surface area contributed by atoms with Crippen LogP contribution in [0.2, 0.25) is 0 Å². The van der Waals surface area contributed by atoms with E-state index >= 15 is 0 Å². The molecule has 3 rings (SSSR count). The molecule has 0 spiro atoms. The average Bonchev–Trinajstić information content (AvgIpc) is 2.72. The van der Waals surface area contributed by atoms with Crippen LogP contribution in [0.3, 0.4) is 0 Å². The third kappa shape index (κ3) is 2.83. The average molecular weight is 358 g/mol. The second-order valence-electron chi connectivity index (χ2n) is 4.24. The Hall–Kier alpha value is -1.01. The van der Waals surface area contributed by atoms with E-state index in [1.807, 2.05) is 42.5 Å². The van der Waals surface area contributed by atoms with Crippen molar-refractivity contribution >= 4 is 69.4 Å². The Balaban J connectivity index is 2.12. The smallest absolute Gasteiger partial charge is 0.366 e. The molecule has 1 aliphatic rings. The fraction of sp³-hybridized carbons (Fsp3) is 0.0714. The largest absolute Gasteiger partial charge is 0.423 e. The Labute approximate surface area is 141 Å². The zero-order valence-electron chi connectivity index (χ0n) is 10.5. The Bertz CT molecular complexity index is 745. The van der Waals surface area contributed by atoms with Crippen molar-refractivity contribution in [3.8, 4) is 0 Å². The van der Waals surface area contributed by atoms with Crippen LogP contribution < -0.4 is 4.90 Å². The lowest BCUT2D eigenvalue weighted by molar-refractivity contribution is 0.166. The summed E-state index contributed by atoms with van der Waals surface area (Å²) in [6, 6.07) is 13.7. The molecule has 0 bridgehead atoms. The number of benzene rings is 2. The van der Waals surface area contributed by atoms with E-state index in [1.54, 1.807) is 4.90 Å². The van der Waals surface area contributed by atoms with Crippen molar-refractivity contribution in [2.24, 2.45) is 0 Å². The number of hydrogen-bond donors (Lipinski definition) is 1. The highest BCUT2D eigenvalue weighted by molar-refractivity contribution is 8.05. The molecule has 108 valence electrons. The number of fused-ring (bicyclic) bond motifs is 1. The van der Waals surface area contributed by atoms with Crippen molar-refractivity contribution in [1.29, 1.82) is 0 Å². The first-order chi connectivity index (χ1) is 10.1. The lowest BCUT2D eigenvalue weighted by Crippen LogP contribution is -2.30. The van der Waals surface area contributed by atoms with Crippen LogP contribution >= 0.6 is 47.6 Å². The molecule has 0 aromatic heterocycles. The van der Waals surface area contributed by atoms with Gasteiger partial charge in [-0.3, -0.25) is 4.90 Å². The summed E-state index contributed by atoms with van der Waals surface area (Å²) in [6.45, 7) is 0. The maximum Gasteiger partial charge on any atom is 0.366 e. The summed E-state index contributed by atoms with van der Waals surface area (Å²) >= 11 is 17.2. The van der Waals surface area contributed by atoms with E-state index in [1.165, 1.54) is 0 Å². The number of ether oxygens (including phenoxy) is 1. The van der Waals surface area contributed by atoms with Gasteiger partial charge in [0, 0.05) is 5.39 Å². The van der Waals surface area contributed by atoms with Gasteiger partial charge in [0.2, 0.25) is 5.56 Å². The number of carbonyl (C=O) groups excluding carboxylic acids is 1. The van der Waals surface area contributed by atoms with Crippen molar-refractivity contribution < 1.29 is 9.53 Å². The molecular formula is C14H9Cl2NO2S2. The maximum absolute atomic E-state index is 11.2. The molecule has 0 N–H and O–H groups in total. The second-order valence-corrected chi connectivity index (χ2v) is 6.61. The van der Waals surface area contributed by atoms with E-state index < -0.39 is 10.9 Å². The van der Waals surface area contributed by atoms with Gasteiger partial charge in [0.05, 0.1) is 5.69 Å². The number of halogens is 2. The maximum atomic E-state index is 11.2. The first-order valence-corrected chi connectivity index (χ1v) is 8.04. The van der Waals surface area contributed by atoms with E-state index in [-0.39, 0.29) is 0 Å². The van der Waals surface area contributed by atoms with Crippen LogP contribution in [0, 0.1) is 0 Å². The van der Waals surface area contributed by atoms with Gasteiger partial charge in [0.15, 0.2) is 0 Å². The third-order valence-corrected chi connectivity index (χ3v) is 5.06. The highest BCUT2D eigenvalue weighted by Gasteiger charge is 2.35. The Morgan fingerprint density at radius 3 is 2.67 bits per heavy atom. The number of thiol groups is 1. The number of nitrogens with zero attached hydrogens (tertiary/aromatic N) is 1. The molecule has 0 saturated carbocycles. The zero-order valence-corrected chi connectivity index (χ0v) is 13.7. The molecule has 7 heteroatoms. The van der Waals surface area contributed by atoms with Crippen LogP contribution in [0.1, 0.15) is 0 Å². The number of rotatable bonds is 2. The van der Waals surface area contributed by atoms with Gasteiger partial charge in [-0.15, -0.1) is 0 Å². The molecule has 3 nitrogen and oxygen atoms in total. The molecule has 0 saturated heterocycles. The first kappa shape index (κ1) is 14.9. The van der Waals surface area contributed by atoms with Crippen LogP contribution in [0.15, 0.2) is 52.0 Å². The van der Waals surface area contributed by atoms with Crippen molar-refractivity contribution in [3.05, 3.63) is 52.0 Å². The first-order valence-electron chi connectivity index (χ1n) is 5.96. The molecule has 0 fully saturated rings.